The minimum Gasteiger partial charge on any atom is -0.426 e. The molecule has 0 atom stereocenters. The molecule has 0 bridgehead atoms. The SMILES string of the molecule is CCC(F)(F)CC(F)(F)F.O=C(CC(F)(F)F)Oc1ccc([S+](c2ccccc2)c2ccccc2)cc1. The summed E-state index contributed by atoms with van der Waals surface area (Å²) in [7, 11) is -0.372. The average Bonchev–Trinajstić information content (AvgIpc) is 2.80. The lowest BCUT2D eigenvalue weighted by Gasteiger charge is -2.15. The molecule has 0 aliphatic carbocycles. The van der Waals surface area contributed by atoms with E-state index in [0.29, 0.717) is 0 Å². The molecule has 200 valence electrons. The highest BCUT2D eigenvalue weighted by molar-refractivity contribution is 7.97. The number of carbonyl (C=O) groups is 1. The van der Waals surface area contributed by atoms with Crippen molar-refractivity contribution in [2.24, 2.45) is 0 Å². The quantitative estimate of drug-likeness (QED) is 0.127. The molecule has 0 heterocycles. The molecule has 0 aliphatic heterocycles. The van der Waals surface area contributed by atoms with Crippen molar-refractivity contribution in [3.8, 4) is 5.75 Å². The van der Waals surface area contributed by atoms with Gasteiger partial charge in [-0.2, -0.15) is 26.3 Å². The highest BCUT2D eigenvalue weighted by Crippen LogP contribution is 2.34. The van der Waals surface area contributed by atoms with Gasteiger partial charge >= 0.3 is 18.3 Å². The Hall–Kier alpha value is -3.08. The van der Waals surface area contributed by atoms with Crippen LogP contribution in [0.5, 0.6) is 5.75 Å². The second-order valence-electron chi connectivity index (χ2n) is 7.67. The largest absolute Gasteiger partial charge is 0.426 e. The van der Waals surface area contributed by atoms with Gasteiger partial charge in [0.15, 0.2) is 14.7 Å². The molecule has 0 radical (unpaired) electrons. The average molecular weight is 552 g/mol. The molecular weight excluding hydrogens is 528 g/mol. The van der Waals surface area contributed by atoms with Gasteiger partial charge in [-0.25, -0.2) is 8.78 Å². The second-order valence-corrected chi connectivity index (χ2v) is 9.70. The van der Waals surface area contributed by atoms with Crippen LogP contribution < -0.4 is 4.74 Å². The number of carbonyl (C=O) groups excluding carboxylic acids is 1. The van der Waals surface area contributed by atoms with Gasteiger partial charge in [0.1, 0.15) is 18.6 Å². The van der Waals surface area contributed by atoms with Crippen LogP contribution in [0.3, 0.4) is 0 Å². The van der Waals surface area contributed by atoms with Gasteiger partial charge in [0.05, 0.1) is 10.9 Å². The number of benzene rings is 3. The Morgan fingerprint density at radius 2 is 1.11 bits per heavy atom. The van der Waals surface area contributed by atoms with Gasteiger partial charge in [0.25, 0.3) is 5.92 Å². The summed E-state index contributed by atoms with van der Waals surface area (Å²) in [6.07, 6.45) is -13.7. The van der Waals surface area contributed by atoms with Gasteiger partial charge < -0.3 is 4.74 Å². The van der Waals surface area contributed by atoms with Crippen molar-refractivity contribution in [3.05, 3.63) is 84.9 Å². The molecule has 3 rings (SSSR count). The standard InChI is InChI=1S/C21H16F3O2S.C5H7F5/c22-21(23,24)15-20(25)26-16-11-13-19(14-12-16)27(17-7-3-1-4-8-17)18-9-5-2-6-10-18;1-2-4(6,7)3-5(8,9)10/h1-14H,15H2;2-3H2,1H3/q+1;. The lowest BCUT2D eigenvalue weighted by Crippen LogP contribution is -2.24. The Kier molecular flexibility index (Phi) is 10.5. The third-order valence-corrected chi connectivity index (χ3v) is 6.80. The fourth-order valence-corrected chi connectivity index (χ4v) is 5.00. The zero-order valence-corrected chi connectivity index (χ0v) is 20.3. The van der Waals surface area contributed by atoms with Crippen molar-refractivity contribution >= 4 is 16.9 Å². The van der Waals surface area contributed by atoms with Crippen LogP contribution in [0.2, 0.25) is 0 Å². The van der Waals surface area contributed by atoms with Crippen LogP contribution in [0.15, 0.2) is 99.6 Å². The van der Waals surface area contributed by atoms with E-state index in [4.69, 9.17) is 4.74 Å². The molecule has 0 aliphatic rings. The molecule has 3 aromatic carbocycles. The minimum atomic E-state index is -4.76. The zero-order chi connectivity index (χ0) is 27.7. The summed E-state index contributed by atoms with van der Waals surface area (Å²) in [6.45, 7) is 1.02. The van der Waals surface area contributed by atoms with Crippen molar-refractivity contribution in [1.29, 1.82) is 0 Å². The predicted molar refractivity (Wildman–Crippen MR) is 124 cm³/mol. The number of ether oxygens (including phenoxy) is 1. The van der Waals surface area contributed by atoms with Crippen molar-refractivity contribution < 1.29 is 44.7 Å². The number of esters is 1. The number of halogens is 8. The zero-order valence-electron chi connectivity index (χ0n) is 19.5. The maximum Gasteiger partial charge on any atom is 0.399 e. The van der Waals surface area contributed by atoms with E-state index in [2.05, 4.69) is 0 Å². The Morgan fingerprint density at radius 1 is 0.676 bits per heavy atom. The molecule has 0 fully saturated rings. The Morgan fingerprint density at radius 3 is 1.46 bits per heavy atom. The maximum absolute atomic E-state index is 12.3. The Bertz CT molecular complexity index is 1060. The maximum atomic E-state index is 12.3. The molecule has 0 amide bonds. The Balaban J connectivity index is 0.000000410. The summed E-state index contributed by atoms with van der Waals surface area (Å²) in [5.41, 5.74) is 0. The van der Waals surface area contributed by atoms with Gasteiger partial charge in [0.2, 0.25) is 0 Å². The molecule has 0 saturated heterocycles. The monoisotopic (exact) mass is 551 g/mol. The van der Waals surface area contributed by atoms with Gasteiger partial charge in [0, 0.05) is 6.42 Å². The van der Waals surface area contributed by atoms with E-state index in [1.165, 1.54) is 12.1 Å². The molecule has 0 aromatic heterocycles. The van der Waals surface area contributed by atoms with Gasteiger partial charge in [-0.05, 0) is 48.5 Å². The summed E-state index contributed by atoms with van der Waals surface area (Å²) >= 11 is 0. The first-order valence-corrected chi connectivity index (χ1v) is 12.1. The van der Waals surface area contributed by atoms with E-state index in [1.54, 1.807) is 12.1 Å². The summed E-state index contributed by atoms with van der Waals surface area (Å²) < 4.78 is 99.2. The predicted octanol–water partition coefficient (Wildman–Crippen LogP) is 8.62. The summed E-state index contributed by atoms with van der Waals surface area (Å²) in [6, 6.07) is 26.5. The molecule has 11 heteroatoms. The molecule has 0 unspecified atom stereocenters. The van der Waals surface area contributed by atoms with Crippen LogP contribution in [-0.2, 0) is 15.7 Å². The lowest BCUT2D eigenvalue weighted by atomic mass is 10.2. The van der Waals surface area contributed by atoms with Crippen LogP contribution in [0.4, 0.5) is 35.1 Å². The van der Waals surface area contributed by atoms with Crippen LogP contribution in [0, 0.1) is 0 Å². The van der Waals surface area contributed by atoms with Gasteiger partial charge in [-0.3, -0.25) is 4.79 Å². The van der Waals surface area contributed by atoms with Gasteiger partial charge in [-0.1, -0.05) is 43.3 Å². The van der Waals surface area contributed by atoms with E-state index in [9.17, 15) is 39.9 Å². The fourth-order valence-electron chi connectivity index (χ4n) is 2.91. The van der Waals surface area contributed by atoms with E-state index in [1.807, 2.05) is 60.7 Å². The lowest BCUT2D eigenvalue weighted by molar-refractivity contribution is -0.188. The molecule has 0 saturated carbocycles. The fraction of sp³-hybridized carbons (Fsp3) is 0.269. The van der Waals surface area contributed by atoms with Crippen LogP contribution in [0.1, 0.15) is 26.2 Å². The normalized spacial score (nSPS) is 12.1. The molecule has 0 N–H and O–H groups in total. The first-order valence-electron chi connectivity index (χ1n) is 10.9. The van der Waals surface area contributed by atoms with Crippen LogP contribution in [0.25, 0.3) is 0 Å². The van der Waals surface area contributed by atoms with Crippen molar-refractivity contribution in [2.75, 3.05) is 0 Å². The number of alkyl halides is 8. The molecule has 37 heavy (non-hydrogen) atoms. The molecule has 0 spiro atoms. The van der Waals surface area contributed by atoms with Gasteiger partial charge in [-0.15, -0.1) is 0 Å². The third kappa shape index (κ3) is 11.2. The second kappa shape index (κ2) is 12.9. The highest BCUT2D eigenvalue weighted by Gasteiger charge is 2.42. The van der Waals surface area contributed by atoms with Crippen molar-refractivity contribution in [2.45, 2.75) is 59.1 Å². The van der Waals surface area contributed by atoms with E-state index < -0.39 is 43.5 Å². The summed E-state index contributed by atoms with van der Waals surface area (Å²) in [4.78, 5) is 14.6. The molecule has 3 aromatic rings. The smallest absolute Gasteiger partial charge is 0.399 e. The summed E-state index contributed by atoms with van der Waals surface area (Å²) in [5, 5.41) is 0. The van der Waals surface area contributed by atoms with Crippen LogP contribution in [-0.4, -0.2) is 24.2 Å². The Labute approximate surface area is 211 Å². The molecule has 2 nitrogen and oxygen atoms in total. The summed E-state index contributed by atoms with van der Waals surface area (Å²) in [5.74, 6) is -4.82. The number of hydrogen-bond donors (Lipinski definition) is 0. The van der Waals surface area contributed by atoms with E-state index in [-0.39, 0.29) is 16.6 Å². The molecular formula is C26H23F8O2S+. The van der Waals surface area contributed by atoms with E-state index >= 15 is 0 Å². The van der Waals surface area contributed by atoms with Crippen LogP contribution >= 0.6 is 0 Å². The number of rotatable bonds is 7. The van der Waals surface area contributed by atoms with Crippen molar-refractivity contribution in [1.82, 2.24) is 0 Å². The van der Waals surface area contributed by atoms with E-state index in [0.717, 1.165) is 21.6 Å². The topological polar surface area (TPSA) is 26.3 Å². The minimum absolute atomic E-state index is 0.0951. The highest BCUT2D eigenvalue weighted by atomic mass is 32.2. The third-order valence-electron chi connectivity index (χ3n) is 4.57. The number of hydrogen-bond acceptors (Lipinski definition) is 2. The van der Waals surface area contributed by atoms with Crippen molar-refractivity contribution in [3.63, 3.8) is 0 Å². The first-order chi connectivity index (χ1) is 17.2. The first kappa shape index (κ1) is 30.1.